The Bertz CT molecular complexity index is 701. The number of nitrogens with zero attached hydrogens (tertiary/aromatic N) is 1. The van der Waals surface area contributed by atoms with Gasteiger partial charge in [0.1, 0.15) is 6.04 Å². The van der Waals surface area contributed by atoms with Crippen molar-refractivity contribution in [1.82, 2.24) is 9.62 Å². The SMILES string of the molecule is CCOC(=O)C(NS(=O)(=O)c1ccc(Cl)cc1)C1(S)CCN(C)CC1. The van der Waals surface area contributed by atoms with Crippen molar-refractivity contribution in [1.29, 1.82) is 0 Å². The Labute approximate surface area is 159 Å². The normalized spacial score (nSPS) is 19.4. The molecular formula is C16H23ClN2O4S2. The number of esters is 1. The second-order valence-electron chi connectivity index (χ2n) is 6.17. The molecule has 25 heavy (non-hydrogen) atoms. The topological polar surface area (TPSA) is 75.7 Å². The average Bonchev–Trinajstić information content (AvgIpc) is 2.56. The summed E-state index contributed by atoms with van der Waals surface area (Å²) >= 11 is 10.5. The lowest BCUT2D eigenvalue weighted by atomic mass is 9.89. The molecule has 9 heteroatoms. The van der Waals surface area contributed by atoms with Crippen molar-refractivity contribution in [3.63, 3.8) is 0 Å². The fraction of sp³-hybridized carbons (Fsp3) is 0.562. The van der Waals surface area contributed by atoms with Crippen LogP contribution in [0.1, 0.15) is 19.8 Å². The summed E-state index contributed by atoms with van der Waals surface area (Å²) in [5, 5.41) is 0.432. The van der Waals surface area contributed by atoms with Gasteiger partial charge in [0, 0.05) is 9.77 Å². The predicted octanol–water partition coefficient (Wildman–Crippen LogP) is 1.94. The highest BCUT2D eigenvalue weighted by atomic mass is 35.5. The van der Waals surface area contributed by atoms with Crippen LogP contribution >= 0.6 is 24.2 Å². The van der Waals surface area contributed by atoms with Gasteiger partial charge >= 0.3 is 5.97 Å². The molecule has 1 N–H and O–H groups in total. The highest BCUT2D eigenvalue weighted by Crippen LogP contribution is 2.33. The Morgan fingerprint density at radius 1 is 1.36 bits per heavy atom. The molecular weight excluding hydrogens is 384 g/mol. The number of likely N-dealkylation sites (tertiary alicyclic amines) is 1. The summed E-state index contributed by atoms with van der Waals surface area (Å²) in [5.74, 6) is -0.611. The van der Waals surface area contributed by atoms with E-state index >= 15 is 0 Å². The summed E-state index contributed by atoms with van der Waals surface area (Å²) in [6, 6.07) is 4.70. The summed E-state index contributed by atoms with van der Waals surface area (Å²) < 4.78 is 32.2. The minimum absolute atomic E-state index is 0.0380. The van der Waals surface area contributed by atoms with Gasteiger partial charge < -0.3 is 9.64 Å². The van der Waals surface area contributed by atoms with Crippen LogP contribution in [0.4, 0.5) is 0 Å². The van der Waals surface area contributed by atoms with Crippen LogP contribution in [-0.4, -0.2) is 56.8 Å². The number of hydrogen-bond donors (Lipinski definition) is 2. The van der Waals surface area contributed by atoms with E-state index in [2.05, 4.69) is 22.3 Å². The van der Waals surface area contributed by atoms with E-state index in [1.54, 1.807) is 6.92 Å². The van der Waals surface area contributed by atoms with E-state index in [4.69, 9.17) is 16.3 Å². The van der Waals surface area contributed by atoms with Gasteiger partial charge in [0.2, 0.25) is 10.0 Å². The summed E-state index contributed by atoms with van der Waals surface area (Å²) in [6.07, 6.45) is 1.14. The maximum Gasteiger partial charge on any atom is 0.325 e. The standard InChI is InChI=1S/C16H23ClN2O4S2/c1-3-23-15(20)14(16(24)8-10-19(2)11-9-16)18-25(21,22)13-6-4-12(17)5-7-13/h4-7,14,18,24H,3,8-11H2,1-2H3. The van der Waals surface area contributed by atoms with E-state index in [9.17, 15) is 13.2 Å². The number of halogens is 1. The maximum absolute atomic E-state index is 12.7. The number of piperidine rings is 1. The Morgan fingerprint density at radius 2 is 1.92 bits per heavy atom. The zero-order valence-corrected chi connectivity index (χ0v) is 16.7. The zero-order valence-electron chi connectivity index (χ0n) is 14.2. The molecule has 1 atom stereocenters. The number of carbonyl (C=O) groups is 1. The number of sulfonamides is 1. The van der Waals surface area contributed by atoms with Crippen LogP contribution in [0.2, 0.25) is 5.02 Å². The monoisotopic (exact) mass is 406 g/mol. The Balaban J connectivity index is 2.29. The van der Waals surface area contributed by atoms with Gasteiger partial charge in [0.15, 0.2) is 0 Å². The van der Waals surface area contributed by atoms with Crippen LogP contribution in [-0.2, 0) is 19.6 Å². The molecule has 1 aromatic rings. The summed E-state index contributed by atoms with van der Waals surface area (Å²) in [7, 11) is -1.94. The molecule has 1 fully saturated rings. The molecule has 0 bridgehead atoms. The summed E-state index contributed by atoms with van der Waals surface area (Å²) in [6.45, 7) is 3.30. The van der Waals surface area contributed by atoms with Gasteiger partial charge in [-0.25, -0.2) is 8.42 Å². The average molecular weight is 407 g/mol. The van der Waals surface area contributed by atoms with Crippen molar-refractivity contribution >= 4 is 40.2 Å². The largest absolute Gasteiger partial charge is 0.465 e. The first-order chi connectivity index (χ1) is 11.7. The Kier molecular flexibility index (Phi) is 6.78. The molecule has 1 heterocycles. The van der Waals surface area contributed by atoms with Crippen molar-refractivity contribution in [3.05, 3.63) is 29.3 Å². The van der Waals surface area contributed by atoms with Gasteiger partial charge in [0.25, 0.3) is 0 Å². The number of ether oxygens (including phenoxy) is 1. The van der Waals surface area contributed by atoms with Gasteiger partial charge in [0.05, 0.1) is 11.5 Å². The molecule has 6 nitrogen and oxygen atoms in total. The number of benzene rings is 1. The third kappa shape index (κ3) is 5.10. The molecule has 1 aromatic carbocycles. The summed E-state index contributed by atoms with van der Waals surface area (Å²) in [4.78, 5) is 14.6. The first-order valence-corrected chi connectivity index (χ1v) is 10.3. The van der Waals surface area contributed by atoms with Gasteiger partial charge in [-0.15, -0.1) is 0 Å². The lowest BCUT2D eigenvalue weighted by Crippen LogP contribution is -2.58. The molecule has 0 aromatic heterocycles. The van der Waals surface area contributed by atoms with Crippen LogP contribution in [0.15, 0.2) is 29.2 Å². The van der Waals surface area contributed by atoms with E-state index in [0.29, 0.717) is 17.9 Å². The zero-order chi connectivity index (χ0) is 18.7. The van der Waals surface area contributed by atoms with E-state index < -0.39 is 26.8 Å². The number of nitrogens with one attached hydrogen (secondary N) is 1. The minimum Gasteiger partial charge on any atom is -0.465 e. The number of rotatable bonds is 6. The fourth-order valence-electron chi connectivity index (χ4n) is 2.73. The van der Waals surface area contributed by atoms with Crippen molar-refractivity contribution in [2.45, 2.75) is 35.4 Å². The van der Waals surface area contributed by atoms with E-state index in [1.165, 1.54) is 24.3 Å². The van der Waals surface area contributed by atoms with Crippen LogP contribution in [0.3, 0.4) is 0 Å². The van der Waals surface area contributed by atoms with Crippen LogP contribution in [0.5, 0.6) is 0 Å². The van der Waals surface area contributed by atoms with Crippen LogP contribution in [0.25, 0.3) is 0 Å². The van der Waals surface area contributed by atoms with Crippen molar-refractivity contribution in [2.75, 3.05) is 26.7 Å². The fourth-order valence-corrected chi connectivity index (χ4v) is 4.58. The van der Waals surface area contributed by atoms with E-state index in [-0.39, 0.29) is 11.5 Å². The second-order valence-corrected chi connectivity index (χ2v) is 9.21. The molecule has 140 valence electrons. The molecule has 0 saturated carbocycles. The van der Waals surface area contributed by atoms with Crippen LogP contribution < -0.4 is 4.72 Å². The molecule has 2 rings (SSSR count). The lowest BCUT2D eigenvalue weighted by Gasteiger charge is -2.41. The van der Waals surface area contributed by atoms with Gasteiger partial charge in [-0.2, -0.15) is 17.4 Å². The van der Waals surface area contributed by atoms with E-state index in [0.717, 1.165) is 13.1 Å². The third-order valence-corrected chi connectivity index (χ3v) is 6.71. The highest BCUT2D eigenvalue weighted by Gasteiger charge is 2.45. The van der Waals surface area contributed by atoms with Gasteiger partial charge in [-0.1, -0.05) is 11.6 Å². The van der Waals surface area contributed by atoms with Crippen molar-refractivity contribution in [3.8, 4) is 0 Å². The molecule has 0 spiro atoms. The minimum atomic E-state index is -3.91. The van der Waals surface area contributed by atoms with Crippen LogP contribution in [0, 0.1) is 0 Å². The maximum atomic E-state index is 12.7. The molecule has 0 aliphatic carbocycles. The molecule has 1 unspecified atom stereocenters. The number of thiol groups is 1. The van der Waals surface area contributed by atoms with Gasteiger partial charge in [-0.05, 0) is 64.2 Å². The lowest BCUT2D eigenvalue weighted by molar-refractivity contribution is -0.146. The first kappa shape index (κ1) is 20.5. The highest BCUT2D eigenvalue weighted by molar-refractivity contribution is 7.89. The molecule has 1 saturated heterocycles. The number of carbonyl (C=O) groups excluding carboxylic acids is 1. The predicted molar refractivity (Wildman–Crippen MR) is 101 cm³/mol. The van der Waals surface area contributed by atoms with Crippen molar-refractivity contribution in [2.24, 2.45) is 0 Å². The molecule has 1 aliphatic rings. The quantitative estimate of drug-likeness (QED) is 0.557. The van der Waals surface area contributed by atoms with Crippen molar-refractivity contribution < 1.29 is 17.9 Å². The summed E-state index contributed by atoms with van der Waals surface area (Å²) in [5.41, 5.74) is 0. The Hall–Kier alpha value is -0.800. The van der Waals surface area contributed by atoms with E-state index in [1.807, 2.05) is 7.05 Å². The Morgan fingerprint density at radius 3 is 2.44 bits per heavy atom. The smallest absolute Gasteiger partial charge is 0.325 e. The second kappa shape index (κ2) is 8.26. The molecule has 0 radical (unpaired) electrons. The third-order valence-electron chi connectivity index (χ3n) is 4.31. The van der Waals surface area contributed by atoms with Gasteiger partial charge in [-0.3, -0.25) is 4.79 Å². The number of hydrogen-bond acceptors (Lipinski definition) is 6. The molecule has 0 amide bonds. The molecule has 1 aliphatic heterocycles. The first-order valence-electron chi connectivity index (χ1n) is 8.03.